The standard InChI is InChI=1S/C22H24N4O4/c1-29-9-8-26-20-11-17(7-6-15(20)13-23-26)24-22(28)16-10-21(27)25(14-16)18-4-3-5-19(12-18)30-2/h3-7,11-13,16H,8-10,14H2,1-2H3,(H,24,28)/t16-/m0/s1. The number of hydrogen-bond donors (Lipinski definition) is 1. The third-order valence-corrected chi connectivity index (χ3v) is 5.28. The lowest BCUT2D eigenvalue weighted by molar-refractivity contribution is -0.122. The van der Waals surface area contributed by atoms with Crippen LogP contribution in [0.25, 0.3) is 10.9 Å². The van der Waals surface area contributed by atoms with Crippen LogP contribution >= 0.6 is 0 Å². The Morgan fingerprint density at radius 2 is 2.10 bits per heavy atom. The fourth-order valence-electron chi connectivity index (χ4n) is 3.66. The van der Waals surface area contributed by atoms with Crippen LogP contribution in [0.4, 0.5) is 11.4 Å². The molecule has 1 aliphatic rings. The first-order valence-electron chi connectivity index (χ1n) is 9.79. The van der Waals surface area contributed by atoms with Gasteiger partial charge in [-0.25, -0.2) is 0 Å². The summed E-state index contributed by atoms with van der Waals surface area (Å²) in [5.74, 6) is 0.0111. The van der Waals surface area contributed by atoms with Crippen molar-refractivity contribution in [3.63, 3.8) is 0 Å². The van der Waals surface area contributed by atoms with Crippen LogP contribution in [0.2, 0.25) is 0 Å². The van der Waals surface area contributed by atoms with E-state index in [1.165, 1.54) is 0 Å². The molecule has 0 radical (unpaired) electrons. The van der Waals surface area contributed by atoms with E-state index >= 15 is 0 Å². The summed E-state index contributed by atoms with van der Waals surface area (Å²) >= 11 is 0. The molecular weight excluding hydrogens is 384 g/mol. The zero-order chi connectivity index (χ0) is 21.1. The van der Waals surface area contributed by atoms with Crippen molar-refractivity contribution < 1.29 is 19.1 Å². The lowest BCUT2D eigenvalue weighted by atomic mass is 10.1. The Morgan fingerprint density at radius 1 is 1.23 bits per heavy atom. The Bertz CT molecular complexity index is 1080. The van der Waals surface area contributed by atoms with Crippen molar-refractivity contribution in [2.24, 2.45) is 5.92 Å². The number of nitrogens with one attached hydrogen (secondary N) is 1. The van der Waals surface area contributed by atoms with Gasteiger partial charge >= 0.3 is 0 Å². The average molecular weight is 408 g/mol. The Labute approximate surface area is 174 Å². The van der Waals surface area contributed by atoms with E-state index in [9.17, 15) is 9.59 Å². The third-order valence-electron chi connectivity index (χ3n) is 5.28. The first-order chi connectivity index (χ1) is 14.6. The summed E-state index contributed by atoms with van der Waals surface area (Å²) in [6.07, 6.45) is 1.97. The van der Waals surface area contributed by atoms with Gasteiger partial charge in [0.1, 0.15) is 5.75 Å². The molecule has 1 fully saturated rings. The molecule has 0 bridgehead atoms. The first kappa shape index (κ1) is 19.9. The minimum atomic E-state index is -0.419. The van der Waals surface area contributed by atoms with Gasteiger partial charge in [-0.05, 0) is 30.3 Å². The number of carbonyl (C=O) groups is 2. The van der Waals surface area contributed by atoms with Crippen molar-refractivity contribution in [1.29, 1.82) is 0 Å². The number of nitrogens with zero attached hydrogens (tertiary/aromatic N) is 3. The van der Waals surface area contributed by atoms with Crippen molar-refractivity contribution in [3.8, 4) is 5.75 Å². The summed E-state index contributed by atoms with van der Waals surface area (Å²) in [5.41, 5.74) is 2.34. The molecule has 1 aliphatic heterocycles. The summed E-state index contributed by atoms with van der Waals surface area (Å²) in [6, 6.07) is 13.0. The molecule has 1 atom stereocenters. The van der Waals surface area contributed by atoms with Crippen molar-refractivity contribution >= 4 is 34.1 Å². The molecule has 1 aromatic heterocycles. The molecule has 0 spiro atoms. The third kappa shape index (κ3) is 3.99. The van der Waals surface area contributed by atoms with Gasteiger partial charge in [0.15, 0.2) is 0 Å². The number of anilines is 2. The molecule has 1 saturated heterocycles. The fourth-order valence-corrected chi connectivity index (χ4v) is 3.66. The highest BCUT2D eigenvalue weighted by atomic mass is 16.5. The molecule has 2 aromatic carbocycles. The van der Waals surface area contributed by atoms with Gasteiger partial charge in [-0.3, -0.25) is 14.3 Å². The maximum atomic E-state index is 12.8. The van der Waals surface area contributed by atoms with Crippen LogP contribution in [0.15, 0.2) is 48.7 Å². The van der Waals surface area contributed by atoms with E-state index in [1.54, 1.807) is 31.4 Å². The predicted octanol–water partition coefficient (Wildman–Crippen LogP) is 2.68. The van der Waals surface area contributed by atoms with Crippen molar-refractivity contribution in [2.75, 3.05) is 37.6 Å². The molecule has 2 amide bonds. The molecule has 1 N–H and O–H groups in total. The Morgan fingerprint density at radius 3 is 2.90 bits per heavy atom. The number of rotatable bonds is 7. The predicted molar refractivity (Wildman–Crippen MR) is 114 cm³/mol. The summed E-state index contributed by atoms with van der Waals surface area (Å²) in [6.45, 7) is 1.52. The van der Waals surface area contributed by atoms with Gasteiger partial charge in [0, 0.05) is 42.9 Å². The molecule has 0 saturated carbocycles. The van der Waals surface area contributed by atoms with Gasteiger partial charge in [-0.15, -0.1) is 0 Å². The molecule has 30 heavy (non-hydrogen) atoms. The van der Waals surface area contributed by atoms with E-state index in [1.807, 2.05) is 41.1 Å². The van der Waals surface area contributed by atoms with E-state index in [2.05, 4.69) is 10.4 Å². The highest BCUT2D eigenvalue weighted by molar-refractivity contribution is 6.04. The van der Waals surface area contributed by atoms with Gasteiger partial charge in [0.2, 0.25) is 11.8 Å². The zero-order valence-corrected chi connectivity index (χ0v) is 17.0. The molecule has 4 rings (SSSR count). The molecule has 0 unspecified atom stereocenters. The number of hydrogen-bond acceptors (Lipinski definition) is 5. The number of amides is 2. The monoisotopic (exact) mass is 408 g/mol. The summed E-state index contributed by atoms with van der Waals surface area (Å²) in [5, 5.41) is 8.30. The molecule has 8 heteroatoms. The Hall–Kier alpha value is -3.39. The van der Waals surface area contributed by atoms with Crippen LogP contribution in [-0.2, 0) is 20.9 Å². The van der Waals surface area contributed by atoms with Crippen LogP contribution in [0.5, 0.6) is 5.75 Å². The second-order valence-corrected chi connectivity index (χ2v) is 7.23. The minimum Gasteiger partial charge on any atom is -0.497 e. The second-order valence-electron chi connectivity index (χ2n) is 7.23. The second kappa shape index (κ2) is 8.54. The summed E-state index contributed by atoms with van der Waals surface area (Å²) < 4.78 is 12.2. The van der Waals surface area contributed by atoms with Gasteiger partial charge in [0.05, 0.1) is 37.9 Å². The molecule has 8 nitrogen and oxygen atoms in total. The zero-order valence-electron chi connectivity index (χ0n) is 17.0. The van der Waals surface area contributed by atoms with Crippen LogP contribution in [0.1, 0.15) is 6.42 Å². The molecular formula is C22H24N4O4. The topological polar surface area (TPSA) is 85.7 Å². The molecule has 2 heterocycles. The van der Waals surface area contributed by atoms with Crippen LogP contribution in [0, 0.1) is 5.92 Å². The van der Waals surface area contributed by atoms with Crippen molar-refractivity contribution in [1.82, 2.24) is 9.78 Å². The highest BCUT2D eigenvalue weighted by Gasteiger charge is 2.35. The van der Waals surface area contributed by atoms with Crippen LogP contribution in [-0.4, -0.2) is 49.0 Å². The Balaban J connectivity index is 1.47. The molecule has 0 aliphatic carbocycles. The number of benzene rings is 2. The fraction of sp³-hybridized carbons (Fsp3) is 0.318. The van der Waals surface area contributed by atoms with E-state index < -0.39 is 5.92 Å². The number of carbonyl (C=O) groups excluding carboxylic acids is 2. The smallest absolute Gasteiger partial charge is 0.229 e. The number of ether oxygens (including phenoxy) is 2. The summed E-state index contributed by atoms with van der Waals surface area (Å²) in [7, 11) is 3.23. The number of fused-ring (bicyclic) bond motifs is 1. The van der Waals surface area contributed by atoms with Crippen LogP contribution in [0.3, 0.4) is 0 Å². The van der Waals surface area contributed by atoms with E-state index in [-0.39, 0.29) is 18.2 Å². The highest BCUT2D eigenvalue weighted by Crippen LogP contribution is 2.29. The first-order valence-corrected chi connectivity index (χ1v) is 9.79. The SMILES string of the molecule is COCCn1ncc2ccc(NC(=O)[C@H]3CC(=O)N(c4cccc(OC)c4)C3)cc21. The van der Waals surface area contributed by atoms with Gasteiger partial charge < -0.3 is 19.7 Å². The molecule has 3 aromatic rings. The largest absolute Gasteiger partial charge is 0.497 e. The van der Waals surface area contributed by atoms with Crippen molar-refractivity contribution in [2.45, 2.75) is 13.0 Å². The van der Waals surface area contributed by atoms with Gasteiger partial charge in [0.25, 0.3) is 0 Å². The normalized spacial score (nSPS) is 16.3. The lowest BCUT2D eigenvalue weighted by Gasteiger charge is -2.17. The summed E-state index contributed by atoms with van der Waals surface area (Å²) in [4.78, 5) is 27.0. The van der Waals surface area contributed by atoms with E-state index in [0.717, 1.165) is 16.6 Å². The van der Waals surface area contributed by atoms with E-state index in [0.29, 0.717) is 31.1 Å². The average Bonchev–Trinajstić information content (AvgIpc) is 3.35. The number of aromatic nitrogens is 2. The number of methoxy groups -OCH3 is 2. The van der Waals surface area contributed by atoms with Crippen LogP contribution < -0.4 is 15.0 Å². The molecule has 156 valence electrons. The maximum Gasteiger partial charge on any atom is 0.229 e. The maximum absolute atomic E-state index is 12.8. The minimum absolute atomic E-state index is 0.0727. The van der Waals surface area contributed by atoms with Gasteiger partial charge in [-0.1, -0.05) is 6.07 Å². The quantitative estimate of drug-likeness (QED) is 0.650. The lowest BCUT2D eigenvalue weighted by Crippen LogP contribution is -2.28. The van der Waals surface area contributed by atoms with Crippen molar-refractivity contribution in [3.05, 3.63) is 48.7 Å². The Kier molecular flexibility index (Phi) is 5.67. The van der Waals surface area contributed by atoms with E-state index in [4.69, 9.17) is 9.47 Å². The van der Waals surface area contributed by atoms with Gasteiger partial charge in [-0.2, -0.15) is 5.10 Å².